The number of carbonyl (C=O) groups excluding carboxylic acids is 2. The third kappa shape index (κ3) is 5.27. The first-order valence-corrected chi connectivity index (χ1v) is 13.6. The largest absolute Gasteiger partial charge is 0.511 e. The number of benzene rings is 2. The third-order valence-electron chi connectivity index (χ3n) is 8.52. The van der Waals surface area contributed by atoms with Gasteiger partial charge < -0.3 is 23.8 Å². The van der Waals surface area contributed by atoms with Crippen molar-refractivity contribution >= 4 is 12.2 Å². The highest BCUT2D eigenvalue weighted by atomic mass is 16.8. The summed E-state index contributed by atoms with van der Waals surface area (Å²) in [7, 11) is 0. The number of hydrogen-bond acceptors (Lipinski definition) is 6. The summed E-state index contributed by atoms with van der Waals surface area (Å²) >= 11 is 0. The van der Waals surface area contributed by atoms with Crippen molar-refractivity contribution in [3.05, 3.63) is 65.2 Å². The Kier molecular flexibility index (Phi) is 7.58. The van der Waals surface area contributed by atoms with Gasteiger partial charge in [0.2, 0.25) is 6.79 Å². The van der Waals surface area contributed by atoms with Gasteiger partial charge in [0.1, 0.15) is 18.5 Å². The minimum absolute atomic E-state index is 0.0441. The smallest absolute Gasteiger partial charge is 0.457 e. The van der Waals surface area contributed by atoms with E-state index in [2.05, 4.69) is 12.1 Å². The summed E-state index contributed by atoms with van der Waals surface area (Å²) in [6.45, 7) is 4.58. The van der Waals surface area contributed by atoms with Crippen LogP contribution in [0, 0.1) is 5.92 Å². The van der Waals surface area contributed by atoms with Crippen LogP contribution < -0.4 is 4.74 Å². The molecule has 2 bridgehead atoms. The lowest BCUT2D eigenvalue weighted by Crippen LogP contribution is -2.62. The van der Waals surface area contributed by atoms with E-state index in [1.165, 1.54) is 24.0 Å². The Bertz CT molecular complexity index is 1100. The quantitative estimate of drug-likeness (QED) is 0.320. The van der Waals surface area contributed by atoms with Crippen LogP contribution >= 0.6 is 0 Å². The van der Waals surface area contributed by atoms with Gasteiger partial charge in [0.15, 0.2) is 0 Å². The molecular formula is C30H37NO6. The minimum Gasteiger partial charge on any atom is -0.457 e. The van der Waals surface area contributed by atoms with E-state index >= 15 is 0 Å². The standard InChI is InChI=1S/C30H37NO6/c1-3-21(2)37-29(33)36-20-35-24-13-12-23-17-27-25-11-7-8-14-30(25,26(23)18-24)15-16-31(27)28(32)34-19-22-9-5-4-6-10-22/h4-6,9-10,12-13,18,21,25,27H,3,7-8,11,14-17,19-20H2,1-2H3/t21?,25-,27-,30+/m1/s1. The van der Waals surface area contributed by atoms with E-state index in [0.717, 1.165) is 37.7 Å². The lowest BCUT2D eigenvalue weighted by Gasteiger charge is -2.58. The predicted octanol–water partition coefficient (Wildman–Crippen LogP) is 6.37. The Labute approximate surface area is 219 Å². The number of piperidine rings is 1. The SMILES string of the molecule is CCC(C)OC(=O)OCOc1ccc2c(c1)[C@]13CCCC[C@@H]1[C@@H](C2)N(C(=O)OCc1ccccc1)CC3. The molecule has 0 aromatic heterocycles. The zero-order chi connectivity index (χ0) is 25.8. The van der Waals surface area contributed by atoms with E-state index < -0.39 is 6.16 Å². The summed E-state index contributed by atoms with van der Waals surface area (Å²) in [5.41, 5.74) is 3.65. The second kappa shape index (κ2) is 11.0. The van der Waals surface area contributed by atoms with Crippen LogP contribution in [0.5, 0.6) is 5.75 Å². The van der Waals surface area contributed by atoms with Crippen LogP contribution in [0.3, 0.4) is 0 Å². The average molecular weight is 508 g/mol. The first-order chi connectivity index (χ1) is 18.0. The molecule has 0 N–H and O–H groups in total. The van der Waals surface area contributed by atoms with Crippen LogP contribution in [0.15, 0.2) is 48.5 Å². The predicted molar refractivity (Wildman–Crippen MR) is 138 cm³/mol. The Balaban J connectivity index is 1.29. The van der Waals surface area contributed by atoms with Crippen LogP contribution in [0.25, 0.3) is 0 Å². The van der Waals surface area contributed by atoms with Crippen molar-refractivity contribution < 1.29 is 28.5 Å². The van der Waals surface area contributed by atoms with Crippen molar-refractivity contribution in [1.82, 2.24) is 4.90 Å². The van der Waals surface area contributed by atoms with Gasteiger partial charge in [-0.3, -0.25) is 0 Å². The molecule has 0 radical (unpaired) electrons. The lowest BCUT2D eigenvalue weighted by molar-refractivity contribution is -0.0163. The Morgan fingerprint density at radius 2 is 1.92 bits per heavy atom. The number of rotatable bonds is 7. The second-order valence-corrected chi connectivity index (χ2v) is 10.6. The first-order valence-electron chi connectivity index (χ1n) is 13.6. The number of likely N-dealkylation sites (tertiary alicyclic amines) is 1. The molecule has 2 aliphatic carbocycles. The normalized spacial score (nSPS) is 24.8. The fourth-order valence-electron chi connectivity index (χ4n) is 6.53. The van der Waals surface area contributed by atoms with E-state index in [0.29, 0.717) is 24.8 Å². The van der Waals surface area contributed by atoms with Crippen molar-refractivity contribution in [3.63, 3.8) is 0 Å². The zero-order valence-corrected chi connectivity index (χ0v) is 21.8. The topological polar surface area (TPSA) is 74.3 Å². The summed E-state index contributed by atoms with van der Waals surface area (Å²) in [4.78, 5) is 27.0. The van der Waals surface area contributed by atoms with E-state index in [9.17, 15) is 9.59 Å². The van der Waals surface area contributed by atoms with E-state index in [1.807, 2.05) is 55.1 Å². The van der Waals surface area contributed by atoms with E-state index in [1.54, 1.807) is 0 Å². The van der Waals surface area contributed by atoms with Crippen molar-refractivity contribution in [2.75, 3.05) is 13.3 Å². The van der Waals surface area contributed by atoms with Crippen LogP contribution in [0.2, 0.25) is 0 Å². The Morgan fingerprint density at radius 1 is 1.08 bits per heavy atom. The van der Waals surface area contributed by atoms with Gasteiger partial charge in [0.05, 0.1) is 0 Å². The Morgan fingerprint density at radius 3 is 2.73 bits per heavy atom. The molecule has 1 unspecified atom stereocenters. The van der Waals surface area contributed by atoms with Gasteiger partial charge in [-0.25, -0.2) is 9.59 Å². The second-order valence-electron chi connectivity index (χ2n) is 10.6. The minimum atomic E-state index is -0.715. The van der Waals surface area contributed by atoms with Crippen LogP contribution in [0.4, 0.5) is 9.59 Å². The third-order valence-corrected chi connectivity index (χ3v) is 8.52. The van der Waals surface area contributed by atoms with Crippen molar-refractivity contribution in [1.29, 1.82) is 0 Å². The molecule has 7 nitrogen and oxygen atoms in total. The molecular weight excluding hydrogens is 470 g/mol. The molecule has 7 heteroatoms. The molecule has 198 valence electrons. The van der Waals surface area contributed by atoms with Gasteiger partial charge in [-0.1, -0.05) is 56.2 Å². The first kappa shape index (κ1) is 25.4. The van der Waals surface area contributed by atoms with Gasteiger partial charge in [-0.05, 0) is 73.8 Å². The molecule has 37 heavy (non-hydrogen) atoms. The fourth-order valence-corrected chi connectivity index (χ4v) is 6.53. The van der Waals surface area contributed by atoms with Gasteiger partial charge in [-0.15, -0.1) is 0 Å². The monoisotopic (exact) mass is 507 g/mol. The molecule has 1 aliphatic heterocycles. The van der Waals surface area contributed by atoms with Crippen LogP contribution in [0.1, 0.15) is 69.1 Å². The highest BCUT2D eigenvalue weighted by Crippen LogP contribution is 2.56. The fraction of sp³-hybridized carbons (Fsp3) is 0.533. The number of amides is 1. The molecule has 0 spiro atoms. The van der Waals surface area contributed by atoms with Gasteiger partial charge >= 0.3 is 12.2 Å². The van der Waals surface area contributed by atoms with Gasteiger partial charge in [0, 0.05) is 18.0 Å². The van der Waals surface area contributed by atoms with Crippen LogP contribution in [-0.2, 0) is 32.7 Å². The number of nitrogens with zero attached hydrogens (tertiary/aromatic N) is 1. The molecule has 1 heterocycles. The maximum Gasteiger partial charge on any atom is 0.511 e. The average Bonchev–Trinajstić information content (AvgIpc) is 2.92. The van der Waals surface area contributed by atoms with Crippen LogP contribution in [-0.4, -0.2) is 42.6 Å². The molecule has 2 aromatic carbocycles. The van der Waals surface area contributed by atoms with Crippen molar-refractivity contribution in [2.45, 2.75) is 83.0 Å². The highest BCUT2D eigenvalue weighted by Gasteiger charge is 2.55. The Hall–Kier alpha value is -3.22. The van der Waals surface area contributed by atoms with Gasteiger partial charge in [0.25, 0.3) is 0 Å². The van der Waals surface area contributed by atoms with Crippen molar-refractivity contribution in [2.24, 2.45) is 5.92 Å². The van der Waals surface area contributed by atoms with Gasteiger partial charge in [-0.2, -0.15) is 0 Å². The molecule has 3 aliphatic rings. The zero-order valence-electron chi connectivity index (χ0n) is 21.8. The number of carbonyl (C=O) groups is 2. The molecule has 2 aromatic rings. The molecule has 1 saturated carbocycles. The van der Waals surface area contributed by atoms with E-state index in [4.69, 9.17) is 18.9 Å². The molecule has 1 amide bonds. The summed E-state index contributed by atoms with van der Waals surface area (Å²) in [5.74, 6) is 1.10. The summed E-state index contributed by atoms with van der Waals surface area (Å²) in [5, 5.41) is 0. The molecule has 1 saturated heterocycles. The van der Waals surface area contributed by atoms with Crippen molar-refractivity contribution in [3.8, 4) is 5.75 Å². The maximum atomic E-state index is 13.2. The summed E-state index contributed by atoms with van der Waals surface area (Å²) in [6.07, 6.45) is 5.97. The highest BCUT2D eigenvalue weighted by molar-refractivity contribution is 5.69. The number of ether oxygens (including phenoxy) is 4. The molecule has 4 atom stereocenters. The molecule has 5 rings (SSSR count). The summed E-state index contributed by atoms with van der Waals surface area (Å²) in [6, 6.07) is 16.2. The summed E-state index contributed by atoms with van der Waals surface area (Å²) < 4.78 is 21.8. The molecule has 2 fully saturated rings. The lowest BCUT2D eigenvalue weighted by atomic mass is 9.52. The van der Waals surface area contributed by atoms with E-state index in [-0.39, 0.29) is 30.4 Å². The number of hydrogen-bond donors (Lipinski definition) is 0. The number of fused-ring (bicyclic) bond motifs is 1. The maximum absolute atomic E-state index is 13.2.